The summed E-state index contributed by atoms with van der Waals surface area (Å²) in [5.41, 5.74) is 3.13. The number of nitrogens with one attached hydrogen (secondary N) is 1. The van der Waals surface area contributed by atoms with Crippen LogP contribution in [-0.4, -0.2) is 11.1 Å². The number of nitrogens with zero attached hydrogens (tertiary/aromatic N) is 2. The van der Waals surface area contributed by atoms with Gasteiger partial charge in [0, 0.05) is 19.3 Å². The average molecular weight is 219 g/mol. The van der Waals surface area contributed by atoms with E-state index in [1.54, 1.807) is 0 Å². The molecule has 1 unspecified atom stereocenters. The quantitative estimate of drug-likeness (QED) is 0.825. The fraction of sp³-hybridized carbons (Fsp3) is 0.615. The molecule has 16 heavy (non-hydrogen) atoms. The smallest absolute Gasteiger partial charge is 0.120 e. The molecule has 0 fully saturated rings. The third kappa shape index (κ3) is 2.86. The molecular formula is C13H21N3. The van der Waals surface area contributed by atoms with Gasteiger partial charge in [0.25, 0.3) is 0 Å². The molecule has 0 aliphatic rings. The molecule has 0 amide bonds. The average Bonchev–Trinajstić information content (AvgIpc) is 2.56. The molecule has 1 heterocycles. The molecule has 0 saturated heterocycles. The Morgan fingerprint density at radius 3 is 2.75 bits per heavy atom. The van der Waals surface area contributed by atoms with Crippen molar-refractivity contribution < 1.29 is 0 Å². The Morgan fingerprint density at radius 1 is 1.56 bits per heavy atom. The molecule has 0 aromatic carbocycles. The van der Waals surface area contributed by atoms with Crippen LogP contribution in [0.3, 0.4) is 0 Å². The Kier molecular flexibility index (Phi) is 4.57. The van der Waals surface area contributed by atoms with Crippen molar-refractivity contribution in [3.05, 3.63) is 23.0 Å². The minimum Gasteiger partial charge on any atom is -0.340 e. The SMILES string of the molecule is CCC(C)CNCc1cc(C#N)n(C)c1C. The number of nitriles is 1. The molecule has 1 aromatic heterocycles. The van der Waals surface area contributed by atoms with Gasteiger partial charge in [-0.3, -0.25) is 0 Å². The predicted molar refractivity (Wildman–Crippen MR) is 66.0 cm³/mol. The highest BCUT2D eigenvalue weighted by molar-refractivity contribution is 5.33. The Balaban J connectivity index is 2.58. The van der Waals surface area contributed by atoms with Crippen molar-refractivity contribution in [2.75, 3.05) is 6.54 Å². The van der Waals surface area contributed by atoms with Crippen LogP contribution in [0.15, 0.2) is 6.07 Å². The van der Waals surface area contributed by atoms with Crippen molar-refractivity contribution in [1.29, 1.82) is 5.26 Å². The topological polar surface area (TPSA) is 40.8 Å². The minimum atomic E-state index is 0.708. The standard InChI is InChI=1S/C13H21N3/c1-5-10(2)8-15-9-12-6-13(7-14)16(4)11(12)3/h6,10,15H,5,8-9H2,1-4H3. The first-order valence-corrected chi connectivity index (χ1v) is 5.86. The third-order valence-electron chi connectivity index (χ3n) is 3.26. The molecule has 0 bridgehead atoms. The van der Waals surface area contributed by atoms with Crippen molar-refractivity contribution in [3.63, 3.8) is 0 Å². The maximum Gasteiger partial charge on any atom is 0.120 e. The second-order valence-corrected chi connectivity index (χ2v) is 4.46. The monoisotopic (exact) mass is 219 g/mol. The van der Waals surface area contributed by atoms with Gasteiger partial charge < -0.3 is 9.88 Å². The van der Waals surface area contributed by atoms with E-state index in [1.807, 2.05) is 17.7 Å². The molecule has 1 aromatic rings. The molecule has 88 valence electrons. The number of aromatic nitrogens is 1. The molecule has 0 radical (unpaired) electrons. The van der Waals surface area contributed by atoms with Gasteiger partial charge in [0.05, 0.1) is 0 Å². The highest BCUT2D eigenvalue weighted by atomic mass is 15.0. The van der Waals surface area contributed by atoms with E-state index in [4.69, 9.17) is 5.26 Å². The van der Waals surface area contributed by atoms with Crippen LogP contribution < -0.4 is 5.32 Å². The highest BCUT2D eigenvalue weighted by Crippen LogP contribution is 2.13. The van der Waals surface area contributed by atoms with Crippen molar-refractivity contribution >= 4 is 0 Å². The summed E-state index contributed by atoms with van der Waals surface area (Å²) in [6.07, 6.45) is 1.20. The van der Waals surface area contributed by atoms with E-state index in [-0.39, 0.29) is 0 Å². The fourth-order valence-electron chi connectivity index (χ4n) is 1.65. The Hall–Kier alpha value is -1.27. The maximum atomic E-state index is 8.92. The van der Waals surface area contributed by atoms with Crippen LogP contribution in [0.5, 0.6) is 0 Å². The molecule has 1 N–H and O–H groups in total. The van der Waals surface area contributed by atoms with E-state index >= 15 is 0 Å². The van der Waals surface area contributed by atoms with E-state index in [0.717, 1.165) is 18.8 Å². The van der Waals surface area contributed by atoms with Gasteiger partial charge in [-0.05, 0) is 31.0 Å². The van der Waals surface area contributed by atoms with Crippen LogP contribution in [0, 0.1) is 24.2 Å². The van der Waals surface area contributed by atoms with Crippen molar-refractivity contribution in [1.82, 2.24) is 9.88 Å². The third-order valence-corrected chi connectivity index (χ3v) is 3.26. The van der Waals surface area contributed by atoms with Crippen LogP contribution in [0.4, 0.5) is 0 Å². The summed E-state index contributed by atoms with van der Waals surface area (Å²) in [7, 11) is 1.94. The summed E-state index contributed by atoms with van der Waals surface area (Å²) in [5, 5.41) is 12.4. The molecule has 0 spiro atoms. The van der Waals surface area contributed by atoms with E-state index in [9.17, 15) is 0 Å². The van der Waals surface area contributed by atoms with Crippen LogP contribution in [-0.2, 0) is 13.6 Å². The molecule has 0 aliphatic carbocycles. The largest absolute Gasteiger partial charge is 0.340 e. The lowest BCUT2D eigenvalue weighted by atomic mass is 10.1. The second-order valence-electron chi connectivity index (χ2n) is 4.46. The lowest BCUT2D eigenvalue weighted by Crippen LogP contribution is -2.20. The normalized spacial score (nSPS) is 12.4. The van der Waals surface area contributed by atoms with Gasteiger partial charge in [-0.15, -0.1) is 0 Å². The maximum absolute atomic E-state index is 8.92. The lowest BCUT2D eigenvalue weighted by molar-refractivity contribution is 0.499. The van der Waals surface area contributed by atoms with E-state index in [0.29, 0.717) is 5.92 Å². The van der Waals surface area contributed by atoms with E-state index < -0.39 is 0 Å². The first kappa shape index (κ1) is 12.8. The van der Waals surface area contributed by atoms with Gasteiger partial charge in [0.2, 0.25) is 0 Å². The second kappa shape index (κ2) is 5.72. The number of hydrogen-bond acceptors (Lipinski definition) is 2. The first-order valence-electron chi connectivity index (χ1n) is 5.86. The van der Waals surface area contributed by atoms with Gasteiger partial charge in [0.1, 0.15) is 11.8 Å². The van der Waals surface area contributed by atoms with Gasteiger partial charge in [-0.1, -0.05) is 20.3 Å². The van der Waals surface area contributed by atoms with Crippen molar-refractivity contribution in [2.24, 2.45) is 13.0 Å². The summed E-state index contributed by atoms with van der Waals surface area (Å²) in [6.45, 7) is 8.39. The Morgan fingerprint density at radius 2 is 2.25 bits per heavy atom. The molecule has 1 atom stereocenters. The zero-order chi connectivity index (χ0) is 12.1. The molecule has 1 rings (SSSR count). The Labute approximate surface area is 98.1 Å². The van der Waals surface area contributed by atoms with Gasteiger partial charge in [0.15, 0.2) is 0 Å². The summed E-state index contributed by atoms with van der Waals surface area (Å²) >= 11 is 0. The molecule has 0 aliphatic heterocycles. The van der Waals surface area contributed by atoms with Crippen molar-refractivity contribution in [2.45, 2.75) is 33.7 Å². The summed E-state index contributed by atoms with van der Waals surface area (Å²) < 4.78 is 1.94. The van der Waals surface area contributed by atoms with Gasteiger partial charge in [-0.25, -0.2) is 0 Å². The van der Waals surface area contributed by atoms with Gasteiger partial charge >= 0.3 is 0 Å². The Bertz CT molecular complexity index is 385. The lowest BCUT2D eigenvalue weighted by Gasteiger charge is -2.09. The van der Waals surface area contributed by atoms with Crippen molar-refractivity contribution in [3.8, 4) is 6.07 Å². The molecule has 3 heteroatoms. The molecule has 0 saturated carbocycles. The van der Waals surface area contributed by atoms with E-state index in [1.165, 1.54) is 17.7 Å². The van der Waals surface area contributed by atoms with Gasteiger partial charge in [-0.2, -0.15) is 5.26 Å². The minimum absolute atomic E-state index is 0.708. The zero-order valence-electron chi connectivity index (χ0n) is 10.7. The molecule has 3 nitrogen and oxygen atoms in total. The van der Waals surface area contributed by atoms with E-state index in [2.05, 4.69) is 32.2 Å². The van der Waals surface area contributed by atoms with Crippen LogP contribution in [0.25, 0.3) is 0 Å². The summed E-state index contributed by atoms with van der Waals surface area (Å²) in [5.74, 6) is 0.708. The van der Waals surface area contributed by atoms with Crippen LogP contribution >= 0.6 is 0 Å². The zero-order valence-corrected chi connectivity index (χ0v) is 10.7. The summed E-state index contributed by atoms with van der Waals surface area (Å²) in [4.78, 5) is 0. The highest BCUT2D eigenvalue weighted by Gasteiger charge is 2.08. The van der Waals surface area contributed by atoms with Crippen LogP contribution in [0.1, 0.15) is 37.2 Å². The number of hydrogen-bond donors (Lipinski definition) is 1. The first-order chi connectivity index (χ1) is 7.60. The number of rotatable bonds is 5. The predicted octanol–water partition coefficient (Wildman–Crippen LogP) is 2.34. The fourth-order valence-corrected chi connectivity index (χ4v) is 1.65. The van der Waals surface area contributed by atoms with Crippen LogP contribution in [0.2, 0.25) is 0 Å². The molecular weight excluding hydrogens is 198 g/mol. The summed E-state index contributed by atoms with van der Waals surface area (Å²) in [6, 6.07) is 4.17.